The summed E-state index contributed by atoms with van der Waals surface area (Å²) in [4.78, 5) is 24.3. The van der Waals surface area contributed by atoms with E-state index in [1.165, 1.54) is 5.57 Å². The molecule has 0 spiro atoms. The lowest BCUT2D eigenvalue weighted by atomic mass is 9.73. The molecule has 1 aromatic carbocycles. The van der Waals surface area contributed by atoms with Gasteiger partial charge in [-0.05, 0) is 77.0 Å². The van der Waals surface area contributed by atoms with Crippen LogP contribution in [0.3, 0.4) is 0 Å². The zero-order valence-electron chi connectivity index (χ0n) is 22.1. The fraction of sp³-hybridized carbons (Fsp3) is 0.586. The first-order chi connectivity index (χ1) is 16.8. The molecule has 0 bridgehead atoms. The first-order valence-electron chi connectivity index (χ1n) is 12.9. The number of ether oxygens (including phenoxy) is 4. The van der Waals surface area contributed by atoms with Gasteiger partial charge in [-0.15, -0.1) is 0 Å². The van der Waals surface area contributed by atoms with E-state index in [1.54, 1.807) is 13.8 Å². The number of benzene rings is 1. The summed E-state index contributed by atoms with van der Waals surface area (Å²) in [5.41, 5.74) is 4.25. The van der Waals surface area contributed by atoms with Gasteiger partial charge in [-0.2, -0.15) is 0 Å². The minimum absolute atomic E-state index is 0.0414. The van der Waals surface area contributed by atoms with Crippen molar-refractivity contribution in [3.05, 3.63) is 47.1 Å². The highest BCUT2D eigenvalue weighted by atomic mass is 16.6. The summed E-state index contributed by atoms with van der Waals surface area (Å²) in [6, 6.07) is 4.02. The molecule has 1 aliphatic rings. The van der Waals surface area contributed by atoms with E-state index in [0.717, 1.165) is 55.2 Å². The van der Waals surface area contributed by atoms with Crippen molar-refractivity contribution in [1.29, 1.82) is 0 Å². The van der Waals surface area contributed by atoms with Crippen molar-refractivity contribution < 1.29 is 28.5 Å². The van der Waals surface area contributed by atoms with E-state index in [9.17, 15) is 9.59 Å². The first-order valence-corrected chi connectivity index (χ1v) is 12.9. The molecule has 2 rings (SSSR count). The van der Waals surface area contributed by atoms with Crippen LogP contribution in [0.15, 0.2) is 35.9 Å². The minimum atomic E-state index is -0.421. The third-order valence-electron chi connectivity index (χ3n) is 6.25. The lowest BCUT2D eigenvalue weighted by Gasteiger charge is -2.33. The number of rotatable bonds is 14. The molecule has 0 unspecified atom stereocenters. The molecule has 2 atom stereocenters. The summed E-state index contributed by atoms with van der Waals surface area (Å²) < 4.78 is 22.3. The molecular weight excluding hydrogens is 444 g/mol. The van der Waals surface area contributed by atoms with Crippen molar-refractivity contribution in [3.8, 4) is 11.5 Å². The highest BCUT2D eigenvalue weighted by Crippen LogP contribution is 2.47. The predicted molar refractivity (Wildman–Crippen MR) is 138 cm³/mol. The summed E-state index contributed by atoms with van der Waals surface area (Å²) in [5.74, 6) is 0.493. The van der Waals surface area contributed by atoms with Crippen molar-refractivity contribution in [2.75, 3.05) is 26.4 Å². The largest absolute Gasteiger partial charge is 0.481 e. The molecule has 0 saturated carbocycles. The Morgan fingerprint density at radius 3 is 2.03 bits per heavy atom. The third-order valence-corrected chi connectivity index (χ3v) is 6.25. The summed E-state index contributed by atoms with van der Waals surface area (Å²) in [5, 5.41) is 0. The third kappa shape index (κ3) is 8.75. The second-order valence-electron chi connectivity index (χ2n) is 9.18. The molecule has 35 heavy (non-hydrogen) atoms. The van der Waals surface area contributed by atoms with E-state index in [4.69, 9.17) is 18.9 Å². The maximum Gasteiger partial charge on any atom is 0.344 e. The predicted octanol–water partition coefficient (Wildman–Crippen LogP) is 6.32. The second kappa shape index (κ2) is 14.6. The van der Waals surface area contributed by atoms with Crippen LogP contribution in [0.5, 0.6) is 11.5 Å². The molecule has 0 aromatic heterocycles. The molecule has 0 N–H and O–H groups in total. The topological polar surface area (TPSA) is 71.1 Å². The van der Waals surface area contributed by atoms with Crippen LogP contribution >= 0.6 is 0 Å². The van der Waals surface area contributed by atoms with Gasteiger partial charge >= 0.3 is 11.9 Å². The summed E-state index contributed by atoms with van der Waals surface area (Å²) in [6.45, 7) is 14.3. The average Bonchev–Trinajstić information content (AvgIpc) is 2.81. The Labute approximate surface area is 210 Å². The Bertz CT molecular complexity index is 857. The van der Waals surface area contributed by atoms with Crippen molar-refractivity contribution in [2.24, 2.45) is 5.92 Å². The molecule has 1 aromatic rings. The fourth-order valence-electron chi connectivity index (χ4n) is 4.53. The Morgan fingerprint density at radius 1 is 0.971 bits per heavy atom. The van der Waals surface area contributed by atoms with Crippen LogP contribution < -0.4 is 9.47 Å². The van der Waals surface area contributed by atoms with E-state index in [-0.39, 0.29) is 25.0 Å². The summed E-state index contributed by atoms with van der Waals surface area (Å²) in [6.07, 6.45) is 8.31. The van der Waals surface area contributed by atoms with E-state index >= 15 is 0 Å². The zero-order valence-corrected chi connectivity index (χ0v) is 22.1. The molecule has 0 saturated heterocycles. The SMILES string of the molecule is C=C(C)[C@@H]1CCC(C)=C[C@H]1c1c(OCC(=O)OCC)cc(CCCCC)cc1OCC(=O)OCC. The molecule has 6 heteroatoms. The van der Waals surface area contributed by atoms with E-state index in [0.29, 0.717) is 24.7 Å². The van der Waals surface area contributed by atoms with Gasteiger partial charge in [0, 0.05) is 11.5 Å². The smallest absolute Gasteiger partial charge is 0.344 e. The van der Waals surface area contributed by atoms with Gasteiger partial charge < -0.3 is 18.9 Å². The van der Waals surface area contributed by atoms with Crippen LogP contribution in [0, 0.1) is 5.92 Å². The highest BCUT2D eigenvalue weighted by molar-refractivity contribution is 5.72. The standard InChI is InChI=1S/C29H42O6/c1-7-10-11-12-22-16-25(34-18-27(30)32-8-2)29(26(17-22)35-19-28(31)33-9-3)24-15-21(6)13-14-23(24)20(4)5/h15-17,23-24H,4,7-14,18-19H2,1-3,5-6H3/t23-,24+/m0/s1. The number of aryl methyl sites for hydroxylation is 1. The quantitative estimate of drug-likeness (QED) is 0.174. The van der Waals surface area contributed by atoms with Gasteiger partial charge in [0.05, 0.1) is 13.2 Å². The van der Waals surface area contributed by atoms with Crippen molar-refractivity contribution in [2.45, 2.75) is 79.1 Å². The lowest BCUT2D eigenvalue weighted by Crippen LogP contribution is -2.22. The molecule has 0 amide bonds. The number of unbranched alkanes of at least 4 members (excludes halogenated alkanes) is 2. The Balaban J connectivity index is 2.57. The molecule has 0 aliphatic heterocycles. The van der Waals surface area contributed by atoms with Crippen molar-refractivity contribution >= 4 is 11.9 Å². The number of hydrogen-bond donors (Lipinski definition) is 0. The molecule has 194 valence electrons. The summed E-state index contributed by atoms with van der Waals surface area (Å²) in [7, 11) is 0. The van der Waals surface area contributed by atoms with Crippen molar-refractivity contribution in [3.63, 3.8) is 0 Å². The fourth-order valence-corrected chi connectivity index (χ4v) is 4.53. The van der Waals surface area contributed by atoms with E-state index in [2.05, 4.69) is 26.5 Å². The molecule has 1 aliphatic carbocycles. The number of esters is 2. The van der Waals surface area contributed by atoms with Gasteiger partial charge in [0.1, 0.15) is 11.5 Å². The monoisotopic (exact) mass is 486 g/mol. The lowest BCUT2D eigenvalue weighted by molar-refractivity contribution is -0.146. The molecule has 0 fully saturated rings. The van der Waals surface area contributed by atoms with E-state index < -0.39 is 11.9 Å². The molecule has 0 radical (unpaired) electrons. The van der Waals surface area contributed by atoms with Crippen LogP contribution in [0.2, 0.25) is 0 Å². The van der Waals surface area contributed by atoms with Gasteiger partial charge in [0.15, 0.2) is 13.2 Å². The van der Waals surface area contributed by atoms with Crippen LogP contribution in [0.1, 0.15) is 83.8 Å². The average molecular weight is 487 g/mol. The summed E-state index contributed by atoms with van der Waals surface area (Å²) >= 11 is 0. The number of allylic oxidation sites excluding steroid dienone is 3. The van der Waals surface area contributed by atoms with Crippen LogP contribution in [-0.4, -0.2) is 38.4 Å². The van der Waals surface area contributed by atoms with Gasteiger partial charge in [-0.3, -0.25) is 0 Å². The molecule has 0 heterocycles. The molecule has 6 nitrogen and oxygen atoms in total. The number of carbonyl (C=O) groups excluding carboxylic acids is 2. The first kappa shape index (κ1) is 28.5. The minimum Gasteiger partial charge on any atom is -0.481 e. The van der Waals surface area contributed by atoms with Crippen LogP contribution in [0.25, 0.3) is 0 Å². The van der Waals surface area contributed by atoms with Crippen LogP contribution in [-0.2, 0) is 25.5 Å². The molecular formula is C29H42O6. The van der Waals surface area contributed by atoms with Gasteiger partial charge in [-0.25, -0.2) is 9.59 Å². The van der Waals surface area contributed by atoms with Gasteiger partial charge in [-0.1, -0.05) is 43.6 Å². The Morgan fingerprint density at radius 2 is 1.54 bits per heavy atom. The number of hydrogen-bond acceptors (Lipinski definition) is 6. The normalized spacial score (nSPS) is 17.3. The maximum atomic E-state index is 12.1. The van der Waals surface area contributed by atoms with Gasteiger partial charge in [0.25, 0.3) is 0 Å². The van der Waals surface area contributed by atoms with E-state index in [1.807, 2.05) is 19.1 Å². The van der Waals surface area contributed by atoms with Crippen LogP contribution in [0.4, 0.5) is 0 Å². The second-order valence-corrected chi connectivity index (χ2v) is 9.18. The number of carbonyl (C=O) groups is 2. The van der Waals surface area contributed by atoms with Gasteiger partial charge in [0.2, 0.25) is 0 Å². The maximum absolute atomic E-state index is 12.1. The zero-order chi connectivity index (χ0) is 25.8. The van der Waals surface area contributed by atoms with Crippen molar-refractivity contribution in [1.82, 2.24) is 0 Å². The highest BCUT2D eigenvalue weighted by Gasteiger charge is 2.31. The Kier molecular flexibility index (Phi) is 11.9. The Hall–Kier alpha value is -2.76.